The molecule has 2 fully saturated rings. The monoisotopic (exact) mass is 372 g/mol. The average Bonchev–Trinajstić information content (AvgIpc) is 2.71. The Bertz CT molecular complexity index is 626. The predicted octanol–water partition coefficient (Wildman–Crippen LogP) is 1.32. The summed E-state index contributed by atoms with van der Waals surface area (Å²) in [4.78, 5) is 25.2. The predicted molar refractivity (Wildman–Crippen MR) is 89.9 cm³/mol. The molecule has 0 radical (unpaired) electrons. The number of ether oxygens (including phenoxy) is 1. The van der Waals surface area contributed by atoms with Gasteiger partial charge in [0.25, 0.3) is 0 Å². The van der Waals surface area contributed by atoms with E-state index in [4.69, 9.17) is 16.3 Å². The molecule has 2 saturated heterocycles. The van der Waals surface area contributed by atoms with Gasteiger partial charge in [0.1, 0.15) is 0 Å². The molecule has 7 nitrogen and oxygen atoms in total. The number of allylic oxidation sites excluding steroid dienone is 1. The third-order valence-corrected chi connectivity index (χ3v) is 6.34. The van der Waals surface area contributed by atoms with Crippen LogP contribution in [-0.2, 0) is 14.3 Å². The second-order valence-corrected chi connectivity index (χ2v) is 7.75. The lowest BCUT2D eigenvalue weighted by Crippen LogP contribution is -2.79. The molecule has 0 aromatic carbocycles. The van der Waals surface area contributed by atoms with Crippen molar-refractivity contribution in [2.45, 2.75) is 63.2 Å². The van der Waals surface area contributed by atoms with Crippen LogP contribution in [0.1, 0.15) is 46.0 Å². The van der Waals surface area contributed by atoms with E-state index < -0.39 is 28.6 Å². The van der Waals surface area contributed by atoms with Gasteiger partial charge in [-0.1, -0.05) is 6.92 Å². The third-order valence-electron chi connectivity index (χ3n) is 6.15. The number of nitrogens with zero attached hydrogens (tertiary/aromatic N) is 1. The summed E-state index contributed by atoms with van der Waals surface area (Å²) in [6.07, 6.45) is 3.78. The fourth-order valence-electron chi connectivity index (χ4n) is 4.62. The fourth-order valence-corrected chi connectivity index (χ4v) is 5.00. The summed E-state index contributed by atoms with van der Waals surface area (Å²) in [5.74, 6) is -0.566. The second-order valence-electron chi connectivity index (χ2n) is 7.38. The first-order chi connectivity index (χ1) is 11.8. The van der Waals surface area contributed by atoms with Gasteiger partial charge in [0, 0.05) is 11.6 Å². The number of esters is 1. The molecule has 3 N–H and O–H groups in total. The van der Waals surface area contributed by atoms with Crippen molar-refractivity contribution in [1.82, 2.24) is 10.4 Å². The van der Waals surface area contributed by atoms with Crippen molar-refractivity contribution in [2.75, 3.05) is 12.4 Å². The highest BCUT2D eigenvalue weighted by Gasteiger charge is 2.82. The molecular weight excluding hydrogens is 348 g/mol. The van der Waals surface area contributed by atoms with Crippen LogP contribution in [0.15, 0.2) is 11.8 Å². The Morgan fingerprint density at radius 3 is 2.76 bits per heavy atom. The van der Waals surface area contributed by atoms with E-state index in [9.17, 15) is 19.9 Å². The summed E-state index contributed by atoms with van der Waals surface area (Å²) in [6.45, 7) is 3.51. The van der Waals surface area contributed by atoms with E-state index in [-0.39, 0.29) is 18.3 Å². The summed E-state index contributed by atoms with van der Waals surface area (Å²) in [6, 6.07) is 0. The highest BCUT2D eigenvalue weighted by Crippen LogP contribution is 2.59. The maximum atomic E-state index is 12.7. The van der Waals surface area contributed by atoms with E-state index >= 15 is 0 Å². The molecule has 0 saturated carbocycles. The molecule has 0 spiro atoms. The highest BCUT2D eigenvalue weighted by atomic mass is 35.5. The van der Waals surface area contributed by atoms with Gasteiger partial charge in [0.15, 0.2) is 11.1 Å². The zero-order valence-electron chi connectivity index (χ0n) is 14.5. The zero-order chi connectivity index (χ0) is 18.5. The van der Waals surface area contributed by atoms with Gasteiger partial charge >= 0.3 is 5.97 Å². The molecule has 2 heterocycles. The SMILES string of the molecule is CC[C@@]12OC(=O)[C@]1(CN(O)C1=CC(O)CCC1)NC(=O)[C@]2(C)CCCl. The zero-order valence-corrected chi connectivity index (χ0v) is 15.3. The third kappa shape index (κ3) is 2.32. The second kappa shape index (κ2) is 6.14. The number of aliphatic hydroxyl groups excluding tert-OH is 1. The van der Waals surface area contributed by atoms with Crippen molar-refractivity contribution >= 4 is 23.5 Å². The number of hydroxylamine groups is 2. The Hall–Kier alpha value is -1.31. The lowest BCUT2D eigenvalue weighted by Gasteiger charge is -2.56. The molecule has 0 aromatic heterocycles. The Kier molecular flexibility index (Phi) is 4.54. The lowest BCUT2D eigenvalue weighted by molar-refractivity contribution is -0.248. The molecule has 1 amide bonds. The fraction of sp³-hybridized carbons (Fsp3) is 0.765. The topological polar surface area (TPSA) is 99.1 Å². The molecule has 3 rings (SSSR count). The Balaban J connectivity index is 1.93. The van der Waals surface area contributed by atoms with Gasteiger partial charge in [0.2, 0.25) is 5.91 Å². The van der Waals surface area contributed by atoms with Gasteiger partial charge in [-0.15, -0.1) is 11.6 Å². The lowest BCUT2D eigenvalue weighted by atomic mass is 9.60. The molecule has 8 heteroatoms. The highest BCUT2D eigenvalue weighted by molar-refractivity contribution is 6.18. The van der Waals surface area contributed by atoms with Crippen LogP contribution in [0.25, 0.3) is 0 Å². The minimum Gasteiger partial charge on any atom is -0.453 e. The molecule has 1 aliphatic carbocycles. The molecule has 140 valence electrons. The first-order valence-corrected chi connectivity index (χ1v) is 9.27. The van der Waals surface area contributed by atoms with Crippen molar-refractivity contribution in [2.24, 2.45) is 5.41 Å². The molecule has 3 aliphatic rings. The molecule has 0 bridgehead atoms. The standard InChI is InChI=1S/C17H25ClN2O5/c1-3-17-15(2,7-8-18)13(22)19-16(17,14(23)25-17)10-20(24)11-5-4-6-12(21)9-11/h9,12,21,24H,3-8,10H2,1-2H3,(H,19,22)/t12?,15-,16-,17-/m0/s1. The number of halogens is 1. The van der Waals surface area contributed by atoms with Crippen LogP contribution in [0.3, 0.4) is 0 Å². The van der Waals surface area contributed by atoms with Crippen LogP contribution in [0.5, 0.6) is 0 Å². The van der Waals surface area contributed by atoms with E-state index in [1.54, 1.807) is 13.0 Å². The summed E-state index contributed by atoms with van der Waals surface area (Å²) in [5, 5.41) is 24.1. The summed E-state index contributed by atoms with van der Waals surface area (Å²) < 4.78 is 5.56. The van der Waals surface area contributed by atoms with Crippen LogP contribution in [0.4, 0.5) is 0 Å². The number of alkyl halides is 1. The van der Waals surface area contributed by atoms with E-state index in [0.717, 1.165) is 11.5 Å². The number of hydrogen-bond donors (Lipinski definition) is 3. The van der Waals surface area contributed by atoms with Crippen LogP contribution >= 0.6 is 11.6 Å². The normalized spacial score (nSPS) is 39.9. The van der Waals surface area contributed by atoms with Crippen LogP contribution in [0, 0.1) is 5.41 Å². The summed E-state index contributed by atoms with van der Waals surface area (Å²) in [5.41, 5.74) is -2.74. The quantitative estimate of drug-likeness (QED) is 0.369. The first-order valence-electron chi connectivity index (χ1n) is 8.73. The molecule has 25 heavy (non-hydrogen) atoms. The number of nitrogens with one attached hydrogen (secondary N) is 1. The van der Waals surface area contributed by atoms with Crippen molar-refractivity contribution in [1.29, 1.82) is 0 Å². The van der Waals surface area contributed by atoms with Crippen LogP contribution < -0.4 is 5.32 Å². The molecule has 0 aromatic rings. The van der Waals surface area contributed by atoms with Gasteiger partial charge < -0.3 is 15.2 Å². The van der Waals surface area contributed by atoms with Gasteiger partial charge in [-0.3, -0.25) is 15.1 Å². The van der Waals surface area contributed by atoms with Crippen molar-refractivity contribution in [3.8, 4) is 0 Å². The van der Waals surface area contributed by atoms with Crippen LogP contribution in [-0.4, -0.2) is 56.9 Å². The first kappa shape index (κ1) is 18.5. The van der Waals surface area contributed by atoms with E-state index in [1.807, 2.05) is 6.92 Å². The number of carbonyl (C=O) groups excluding carboxylic acids is 2. The van der Waals surface area contributed by atoms with Crippen molar-refractivity contribution in [3.05, 3.63) is 11.8 Å². The number of carbonyl (C=O) groups is 2. The van der Waals surface area contributed by atoms with E-state index in [0.29, 0.717) is 31.4 Å². The Morgan fingerprint density at radius 2 is 2.20 bits per heavy atom. The molecule has 4 atom stereocenters. The van der Waals surface area contributed by atoms with Crippen molar-refractivity contribution in [3.63, 3.8) is 0 Å². The molecular formula is C17H25ClN2O5. The maximum absolute atomic E-state index is 12.7. The Morgan fingerprint density at radius 1 is 1.48 bits per heavy atom. The number of amides is 1. The molecule has 2 aliphatic heterocycles. The van der Waals surface area contributed by atoms with Gasteiger partial charge in [-0.05, 0) is 45.1 Å². The van der Waals surface area contributed by atoms with Gasteiger partial charge in [-0.2, -0.15) is 0 Å². The van der Waals surface area contributed by atoms with E-state index in [1.165, 1.54) is 0 Å². The number of aliphatic hydroxyl groups is 1. The Labute approximate surface area is 151 Å². The number of fused-ring (bicyclic) bond motifs is 1. The summed E-state index contributed by atoms with van der Waals surface area (Å²) >= 11 is 5.90. The number of rotatable bonds is 6. The van der Waals surface area contributed by atoms with Crippen LogP contribution in [0.2, 0.25) is 0 Å². The van der Waals surface area contributed by atoms with Gasteiger partial charge in [-0.25, -0.2) is 4.79 Å². The smallest absolute Gasteiger partial charge is 0.338 e. The largest absolute Gasteiger partial charge is 0.453 e. The minimum absolute atomic E-state index is 0.109. The molecule has 1 unspecified atom stereocenters. The maximum Gasteiger partial charge on any atom is 0.338 e. The number of hydrogen-bond acceptors (Lipinski definition) is 6. The minimum atomic E-state index is -1.31. The van der Waals surface area contributed by atoms with Gasteiger partial charge in [0.05, 0.1) is 18.1 Å². The van der Waals surface area contributed by atoms with Crippen molar-refractivity contribution < 1.29 is 24.6 Å². The summed E-state index contributed by atoms with van der Waals surface area (Å²) in [7, 11) is 0. The van der Waals surface area contributed by atoms with E-state index in [2.05, 4.69) is 5.32 Å². The average molecular weight is 373 g/mol.